The SMILES string of the molecule is CCc1nn(C)c2nc(-c3ccc(C(=O)OC)cc3)nc(NCc3ccccc3)c12. The number of esters is 1. The molecule has 0 amide bonds. The van der Waals surface area contributed by atoms with Gasteiger partial charge in [-0.15, -0.1) is 0 Å². The van der Waals surface area contributed by atoms with Crippen LogP contribution < -0.4 is 5.32 Å². The Kier molecular flexibility index (Phi) is 5.43. The van der Waals surface area contributed by atoms with Crippen molar-refractivity contribution in [2.24, 2.45) is 7.05 Å². The molecule has 0 saturated carbocycles. The molecule has 0 saturated heterocycles. The summed E-state index contributed by atoms with van der Waals surface area (Å²) in [5.41, 5.74) is 4.18. The van der Waals surface area contributed by atoms with Crippen LogP contribution in [0.2, 0.25) is 0 Å². The summed E-state index contributed by atoms with van der Waals surface area (Å²) >= 11 is 0. The van der Waals surface area contributed by atoms with Gasteiger partial charge in [0.1, 0.15) is 5.82 Å². The number of carbonyl (C=O) groups is 1. The molecule has 4 aromatic rings. The molecule has 30 heavy (non-hydrogen) atoms. The molecule has 4 rings (SSSR count). The first-order valence-electron chi connectivity index (χ1n) is 9.81. The van der Waals surface area contributed by atoms with Crippen molar-refractivity contribution < 1.29 is 9.53 Å². The minimum absolute atomic E-state index is 0.373. The second kappa shape index (κ2) is 8.32. The van der Waals surface area contributed by atoms with E-state index in [1.165, 1.54) is 7.11 Å². The van der Waals surface area contributed by atoms with Gasteiger partial charge < -0.3 is 10.1 Å². The zero-order valence-electron chi connectivity index (χ0n) is 17.2. The third-order valence-corrected chi connectivity index (χ3v) is 4.96. The van der Waals surface area contributed by atoms with E-state index in [0.29, 0.717) is 17.9 Å². The number of carbonyl (C=O) groups excluding carboxylic acids is 1. The summed E-state index contributed by atoms with van der Waals surface area (Å²) in [7, 11) is 3.26. The number of nitrogens with zero attached hydrogens (tertiary/aromatic N) is 4. The number of hydrogen-bond acceptors (Lipinski definition) is 6. The number of ether oxygens (including phenoxy) is 1. The second-order valence-electron chi connectivity index (χ2n) is 6.93. The normalized spacial score (nSPS) is 10.9. The summed E-state index contributed by atoms with van der Waals surface area (Å²) < 4.78 is 6.56. The maximum Gasteiger partial charge on any atom is 0.337 e. The van der Waals surface area contributed by atoms with Gasteiger partial charge in [-0.25, -0.2) is 19.4 Å². The summed E-state index contributed by atoms with van der Waals surface area (Å²) in [5, 5.41) is 9.02. The van der Waals surface area contributed by atoms with Crippen LogP contribution in [0.3, 0.4) is 0 Å². The van der Waals surface area contributed by atoms with E-state index in [9.17, 15) is 4.79 Å². The largest absolute Gasteiger partial charge is 0.465 e. The fraction of sp³-hybridized carbons (Fsp3) is 0.217. The molecule has 2 heterocycles. The molecule has 0 spiro atoms. The molecule has 0 atom stereocenters. The average Bonchev–Trinajstić information content (AvgIpc) is 3.13. The van der Waals surface area contributed by atoms with Crippen molar-refractivity contribution in [1.29, 1.82) is 0 Å². The Morgan fingerprint density at radius 3 is 2.47 bits per heavy atom. The number of methoxy groups -OCH3 is 1. The molecule has 7 heteroatoms. The van der Waals surface area contributed by atoms with Crippen molar-refractivity contribution in [1.82, 2.24) is 19.7 Å². The topological polar surface area (TPSA) is 81.9 Å². The van der Waals surface area contributed by atoms with Gasteiger partial charge in [-0.1, -0.05) is 49.4 Å². The van der Waals surface area contributed by atoms with E-state index >= 15 is 0 Å². The Balaban J connectivity index is 1.77. The molecule has 2 aromatic carbocycles. The van der Waals surface area contributed by atoms with E-state index in [-0.39, 0.29) is 5.97 Å². The molecule has 152 valence electrons. The fourth-order valence-corrected chi connectivity index (χ4v) is 3.39. The molecule has 0 aliphatic carbocycles. The van der Waals surface area contributed by atoms with E-state index in [1.807, 2.05) is 37.4 Å². The first kappa shape index (κ1) is 19.6. The highest BCUT2D eigenvalue weighted by molar-refractivity contribution is 5.92. The van der Waals surface area contributed by atoms with Crippen LogP contribution in [0, 0.1) is 0 Å². The number of fused-ring (bicyclic) bond motifs is 1. The third-order valence-electron chi connectivity index (χ3n) is 4.96. The van der Waals surface area contributed by atoms with Crippen molar-refractivity contribution in [3.8, 4) is 11.4 Å². The monoisotopic (exact) mass is 401 g/mol. The lowest BCUT2D eigenvalue weighted by Crippen LogP contribution is -2.05. The van der Waals surface area contributed by atoms with Crippen molar-refractivity contribution in [2.75, 3.05) is 12.4 Å². The molecule has 0 bridgehead atoms. The molecule has 0 aliphatic rings. The van der Waals surface area contributed by atoms with Crippen molar-refractivity contribution in [3.63, 3.8) is 0 Å². The summed E-state index contributed by atoms with van der Waals surface area (Å²) in [6.07, 6.45) is 0.786. The molecular weight excluding hydrogens is 378 g/mol. The summed E-state index contributed by atoms with van der Waals surface area (Å²) in [6.45, 7) is 2.72. The van der Waals surface area contributed by atoms with E-state index in [4.69, 9.17) is 14.7 Å². The minimum atomic E-state index is -0.373. The number of benzene rings is 2. The van der Waals surface area contributed by atoms with E-state index in [1.54, 1.807) is 16.8 Å². The first-order valence-corrected chi connectivity index (χ1v) is 9.81. The molecule has 0 aliphatic heterocycles. The van der Waals surface area contributed by atoms with Crippen LogP contribution in [0.1, 0.15) is 28.5 Å². The molecule has 0 unspecified atom stereocenters. The quantitative estimate of drug-likeness (QED) is 0.492. The van der Waals surface area contributed by atoms with Gasteiger partial charge in [0.05, 0.1) is 23.8 Å². The Hall–Kier alpha value is -3.74. The smallest absolute Gasteiger partial charge is 0.337 e. The van der Waals surface area contributed by atoms with Crippen LogP contribution in [0.25, 0.3) is 22.4 Å². The van der Waals surface area contributed by atoms with Crippen molar-refractivity contribution in [2.45, 2.75) is 19.9 Å². The molecule has 0 radical (unpaired) electrons. The molecule has 2 aromatic heterocycles. The first-order chi connectivity index (χ1) is 14.6. The maximum absolute atomic E-state index is 11.7. The Morgan fingerprint density at radius 1 is 1.07 bits per heavy atom. The highest BCUT2D eigenvalue weighted by Gasteiger charge is 2.17. The van der Waals surface area contributed by atoms with Gasteiger partial charge in [-0.2, -0.15) is 5.10 Å². The van der Waals surface area contributed by atoms with Crippen LogP contribution >= 0.6 is 0 Å². The fourth-order valence-electron chi connectivity index (χ4n) is 3.39. The second-order valence-corrected chi connectivity index (χ2v) is 6.93. The minimum Gasteiger partial charge on any atom is -0.465 e. The van der Waals surface area contributed by atoms with Gasteiger partial charge in [0.15, 0.2) is 11.5 Å². The lowest BCUT2D eigenvalue weighted by Gasteiger charge is -2.10. The van der Waals surface area contributed by atoms with Gasteiger partial charge in [0.2, 0.25) is 0 Å². The van der Waals surface area contributed by atoms with Crippen LogP contribution in [-0.2, 0) is 24.8 Å². The van der Waals surface area contributed by atoms with Crippen LogP contribution in [0.15, 0.2) is 54.6 Å². The Labute approximate surface area is 174 Å². The van der Waals surface area contributed by atoms with Crippen LogP contribution in [0.5, 0.6) is 0 Å². The number of hydrogen-bond donors (Lipinski definition) is 1. The number of nitrogens with one attached hydrogen (secondary N) is 1. The van der Waals surface area contributed by atoms with Gasteiger partial charge in [-0.05, 0) is 24.1 Å². The lowest BCUT2D eigenvalue weighted by atomic mass is 10.1. The van der Waals surface area contributed by atoms with Crippen molar-refractivity contribution in [3.05, 3.63) is 71.4 Å². The average molecular weight is 401 g/mol. The van der Waals surface area contributed by atoms with Gasteiger partial charge in [0.25, 0.3) is 0 Å². The highest BCUT2D eigenvalue weighted by Crippen LogP contribution is 2.28. The zero-order valence-corrected chi connectivity index (χ0v) is 17.2. The zero-order chi connectivity index (χ0) is 21.1. The predicted molar refractivity (Wildman–Crippen MR) is 116 cm³/mol. The van der Waals surface area contributed by atoms with Gasteiger partial charge in [-0.3, -0.25) is 0 Å². The number of rotatable bonds is 6. The highest BCUT2D eigenvalue weighted by atomic mass is 16.5. The summed E-state index contributed by atoms with van der Waals surface area (Å²) in [6, 6.07) is 17.3. The van der Waals surface area contributed by atoms with Crippen molar-refractivity contribution >= 4 is 22.8 Å². The molecule has 7 nitrogen and oxygen atoms in total. The molecule has 1 N–H and O–H groups in total. The Bertz CT molecular complexity index is 1180. The number of anilines is 1. The standard InChI is InChI=1S/C23H23N5O2/c1-4-18-19-21(24-14-15-8-6-5-7-9-15)25-20(26-22(19)28(2)27-18)16-10-12-17(13-11-16)23(29)30-3/h5-13H,4,14H2,1-3H3,(H,24,25,26). The van der Waals surface area contributed by atoms with Crippen LogP contribution in [0.4, 0.5) is 5.82 Å². The van der Waals surface area contributed by atoms with E-state index in [0.717, 1.165) is 40.1 Å². The van der Waals surface area contributed by atoms with Crippen LogP contribution in [-0.4, -0.2) is 32.8 Å². The van der Waals surface area contributed by atoms with E-state index < -0.39 is 0 Å². The van der Waals surface area contributed by atoms with Gasteiger partial charge in [0, 0.05) is 19.2 Å². The molecular formula is C23H23N5O2. The summed E-state index contributed by atoms with van der Waals surface area (Å²) in [5.74, 6) is 0.948. The summed E-state index contributed by atoms with van der Waals surface area (Å²) in [4.78, 5) is 21.3. The third kappa shape index (κ3) is 3.74. The molecule has 0 fully saturated rings. The maximum atomic E-state index is 11.7. The predicted octanol–water partition coefficient (Wildman–Crippen LogP) is 3.99. The van der Waals surface area contributed by atoms with E-state index in [2.05, 4.69) is 29.5 Å². The van der Waals surface area contributed by atoms with Gasteiger partial charge >= 0.3 is 5.97 Å². The number of aryl methyl sites for hydroxylation is 2. The Morgan fingerprint density at radius 2 is 1.80 bits per heavy atom. The lowest BCUT2D eigenvalue weighted by molar-refractivity contribution is 0.0601. The number of aromatic nitrogens is 4.